The SMILES string of the molecule is N/C(Cc1cc2cc(F)ccc2o1)=N\O. The molecule has 0 saturated carbocycles. The van der Waals surface area contributed by atoms with Gasteiger partial charge < -0.3 is 15.4 Å². The molecule has 0 atom stereocenters. The van der Waals surface area contributed by atoms with Crippen LogP contribution in [0.15, 0.2) is 33.8 Å². The largest absolute Gasteiger partial charge is 0.461 e. The maximum absolute atomic E-state index is 12.8. The third-order valence-corrected chi connectivity index (χ3v) is 2.01. The van der Waals surface area contributed by atoms with Crippen molar-refractivity contribution in [3.8, 4) is 0 Å². The molecule has 1 aromatic heterocycles. The molecule has 0 bridgehead atoms. The molecule has 4 nitrogen and oxygen atoms in total. The molecule has 0 aliphatic carbocycles. The first-order valence-electron chi connectivity index (χ1n) is 4.33. The molecular weight excluding hydrogens is 199 g/mol. The summed E-state index contributed by atoms with van der Waals surface area (Å²) in [5.41, 5.74) is 5.90. The topological polar surface area (TPSA) is 71.8 Å². The highest BCUT2D eigenvalue weighted by atomic mass is 19.1. The van der Waals surface area contributed by atoms with Crippen molar-refractivity contribution in [1.29, 1.82) is 0 Å². The Morgan fingerprint density at radius 2 is 2.27 bits per heavy atom. The molecule has 0 amide bonds. The Bertz CT molecular complexity index is 519. The molecular formula is C10H9FN2O2. The average molecular weight is 208 g/mol. The van der Waals surface area contributed by atoms with E-state index in [0.717, 1.165) is 0 Å². The number of rotatable bonds is 2. The smallest absolute Gasteiger partial charge is 0.146 e. The molecule has 5 heteroatoms. The molecule has 1 aromatic carbocycles. The van der Waals surface area contributed by atoms with Crippen LogP contribution in [0.3, 0.4) is 0 Å². The van der Waals surface area contributed by atoms with Gasteiger partial charge in [0.25, 0.3) is 0 Å². The highest BCUT2D eigenvalue weighted by molar-refractivity contribution is 5.84. The van der Waals surface area contributed by atoms with Crippen LogP contribution in [0.5, 0.6) is 0 Å². The monoisotopic (exact) mass is 208 g/mol. The van der Waals surface area contributed by atoms with Crippen molar-refractivity contribution in [2.75, 3.05) is 0 Å². The van der Waals surface area contributed by atoms with Crippen LogP contribution in [0.4, 0.5) is 4.39 Å². The predicted molar refractivity (Wildman–Crippen MR) is 53.3 cm³/mol. The fraction of sp³-hybridized carbons (Fsp3) is 0.100. The molecule has 0 fully saturated rings. The van der Waals surface area contributed by atoms with E-state index in [1.807, 2.05) is 0 Å². The summed E-state index contributed by atoms with van der Waals surface area (Å²) >= 11 is 0. The third-order valence-electron chi connectivity index (χ3n) is 2.01. The van der Waals surface area contributed by atoms with Gasteiger partial charge in [-0.3, -0.25) is 0 Å². The first kappa shape index (κ1) is 9.51. The first-order valence-corrected chi connectivity index (χ1v) is 4.33. The molecule has 0 saturated heterocycles. The van der Waals surface area contributed by atoms with E-state index in [-0.39, 0.29) is 18.1 Å². The van der Waals surface area contributed by atoms with E-state index in [4.69, 9.17) is 15.4 Å². The Morgan fingerprint density at radius 3 is 3.00 bits per heavy atom. The van der Waals surface area contributed by atoms with Gasteiger partial charge in [-0.15, -0.1) is 0 Å². The van der Waals surface area contributed by atoms with Crippen molar-refractivity contribution in [1.82, 2.24) is 0 Å². The van der Waals surface area contributed by atoms with Gasteiger partial charge in [0, 0.05) is 5.39 Å². The van der Waals surface area contributed by atoms with Crippen molar-refractivity contribution >= 4 is 16.8 Å². The van der Waals surface area contributed by atoms with Crippen LogP contribution in [0.1, 0.15) is 5.76 Å². The number of nitrogens with two attached hydrogens (primary N) is 1. The molecule has 0 unspecified atom stereocenters. The zero-order chi connectivity index (χ0) is 10.8. The van der Waals surface area contributed by atoms with E-state index < -0.39 is 0 Å². The lowest BCUT2D eigenvalue weighted by atomic mass is 10.2. The average Bonchev–Trinajstić information content (AvgIpc) is 2.59. The summed E-state index contributed by atoms with van der Waals surface area (Å²) in [6, 6.07) is 5.89. The van der Waals surface area contributed by atoms with Crippen molar-refractivity contribution in [3.05, 3.63) is 35.8 Å². The molecule has 78 valence electrons. The minimum Gasteiger partial charge on any atom is -0.461 e. The Morgan fingerprint density at radius 1 is 1.47 bits per heavy atom. The number of amidine groups is 1. The van der Waals surface area contributed by atoms with Crippen LogP contribution in [0, 0.1) is 5.82 Å². The lowest BCUT2D eigenvalue weighted by Crippen LogP contribution is -2.13. The summed E-state index contributed by atoms with van der Waals surface area (Å²) in [7, 11) is 0. The van der Waals surface area contributed by atoms with Crippen molar-refractivity contribution in [2.45, 2.75) is 6.42 Å². The van der Waals surface area contributed by atoms with E-state index in [1.165, 1.54) is 12.1 Å². The van der Waals surface area contributed by atoms with Gasteiger partial charge in [-0.05, 0) is 24.3 Å². The molecule has 0 spiro atoms. The number of oxime groups is 1. The summed E-state index contributed by atoms with van der Waals surface area (Å²) < 4.78 is 18.2. The molecule has 0 radical (unpaired) electrons. The quantitative estimate of drug-likeness (QED) is 0.342. The standard InChI is InChI=1S/C10H9FN2O2/c11-7-1-2-9-6(3-7)4-8(15-9)5-10(12)13-14/h1-4,14H,5H2,(H2,12,13). The summed E-state index contributed by atoms with van der Waals surface area (Å²) in [4.78, 5) is 0. The summed E-state index contributed by atoms with van der Waals surface area (Å²) in [5.74, 6) is 0.263. The van der Waals surface area contributed by atoms with E-state index in [2.05, 4.69) is 5.16 Å². The van der Waals surface area contributed by atoms with Crippen LogP contribution in [0.25, 0.3) is 11.0 Å². The number of furan rings is 1. The van der Waals surface area contributed by atoms with Crippen LogP contribution in [0.2, 0.25) is 0 Å². The highest BCUT2D eigenvalue weighted by Crippen LogP contribution is 2.20. The normalized spacial score (nSPS) is 12.2. The van der Waals surface area contributed by atoms with Gasteiger partial charge in [-0.1, -0.05) is 5.16 Å². The van der Waals surface area contributed by atoms with Gasteiger partial charge in [0.15, 0.2) is 0 Å². The molecule has 3 N–H and O–H groups in total. The zero-order valence-corrected chi connectivity index (χ0v) is 7.77. The van der Waals surface area contributed by atoms with Crippen LogP contribution in [-0.4, -0.2) is 11.0 Å². The molecule has 0 aliphatic heterocycles. The van der Waals surface area contributed by atoms with Crippen LogP contribution in [-0.2, 0) is 6.42 Å². The fourth-order valence-corrected chi connectivity index (χ4v) is 1.37. The second-order valence-electron chi connectivity index (χ2n) is 3.16. The van der Waals surface area contributed by atoms with E-state index in [0.29, 0.717) is 16.7 Å². The lowest BCUT2D eigenvalue weighted by molar-refractivity contribution is 0.317. The Kier molecular flexibility index (Phi) is 2.29. The number of hydrogen-bond donors (Lipinski definition) is 2. The summed E-state index contributed by atoms with van der Waals surface area (Å²) in [6.45, 7) is 0. The molecule has 1 heterocycles. The molecule has 2 aromatic rings. The second kappa shape index (κ2) is 3.61. The van der Waals surface area contributed by atoms with Crippen molar-refractivity contribution in [3.63, 3.8) is 0 Å². The Labute approximate surface area is 84.8 Å². The van der Waals surface area contributed by atoms with Crippen molar-refractivity contribution in [2.24, 2.45) is 10.9 Å². The minimum atomic E-state index is -0.321. The Hall–Kier alpha value is -2.04. The van der Waals surface area contributed by atoms with Gasteiger partial charge in [-0.25, -0.2) is 4.39 Å². The molecule has 15 heavy (non-hydrogen) atoms. The van der Waals surface area contributed by atoms with Crippen LogP contribution < -0.4 is 5.73 Å². The zero-order valence-electron chi connectivity index (χ0n) is 7.77. The number of nitrogens with zero attached hydrogens (tertiary/aromatic N) is 1. The number of benzene rings is 1. The van der Waals surface area contributed by atoms with E-state index >= 15 is 0 Å². The maximum atomic E-state index is 12.8. The van der Waals surface area contributed by atoms with Gasteiger partial charge in [0.1, 0.15) is 23.0 Å². The summed E-state index contributed by atoms with van der Waals surface area (Å²) in [5, 5.41) is 11.9. The van der Waals surface area contributed by atoms with Crippen LogP contribution >= 0.6 is 0 Å². The highest BCUT2D eigenvalue weighted by Gasteiger charge is 2.06. The number of halogens is 1. The van der Waals surface area contributed by atoms with E-state index in [9.17, 15) is 4.39 Å². The predicted octanol–water partition coefficient (Wildman–Crippen LogP) is 1.86. The Balaban J connectivity index is 2.39. The molecule has 2 rings (SSSR count). The van der Waals surface area contributed by atoms with Gasteiger partial charge in [-0.2, -0.15) is 0 Å². The van der Waals surface area contributed by atoms with Crippen molar-refractivity contribution < 1.29 is 14.0 Å². The minimum absolute atomic E-state index is 0.0505. The first-order chi connectivity index (χ1) is 7.19. The number of hydrogen-bond acceptors (Lipinski definition) is 3. The van der Waals surface area contributed by atoms with Gasteiger partial charge >= 0.3 is 0 Å². The maximum Gasteiger partial charge on any atom is 0.146 e. The van der Waals surface area contributed by atoms with Gasteiger partial charge in [0.2, 0.25) is 0 Å². The molecule has 0 aliphatic rings. The van der Waals surface area contributed by atoms with Gasteiger partial charge in [0.05, 0.1) is 6.42 Å². The van der Waals surface area contributed by atoms with E-state index in [1.54, 1.807) is 12.1 Å². The number of fused-ring (bicyclic) bond motifs is 1. The second-order valence-corrected chi connectivity index (χ2v) is 3.16. The summed E-state index contributed by atoms with van der Waals surface area (Å²) in [6.07, 6.45) is 0.201. The third kappa shape index (κ3) is 1.90. The lowest BCUT2D eigenvalue weighted by Gasteiger charge is -1.92. The fourth-order valence-electron chi connectivity index (χ4n) is 1.37.